The number of pyridine rings is 1. The van der Waals surface area contributed by atoms with Gasteiger partial charge >= 0.3 is 0 Å². The smallest absolute Gasteiger partial charge is 0.282 e. The first-order valence-electron chi connectivity index (χ1n) is 11.7. The van der Waals surface area contributed by atoms with E-state index in [1.807, 2.05) is 18.3 Å². The molecule has 0 radical (unpaired) electrons. The van der Waals surface area contributed by atoms with Crippen molar-refractivity contribution in [2.24, 2.45) is 0 Å². The molecule has 5 heterocycles. The highest BCUT2D eigenvalue weighted by Crippen LogP contribution is 2.38. The number of carbonyl (C=O) groups is 1. The summed E-state index contributed by atoms with van der Waals surface area (Å²) in [5.74, 6) is 1.03. The van der Waals surface area contributed by atoms with Crippen LogP contribution in [-0.2, 0) is 5.66 Å². The molecule has 0 aromatic carbocycles. The second kappa shape index (κ2) is 7.96. The first-order chi connectivity index (χ1) is 16.1. The van der Waals surface area contributed by atoms with Gasteiger partial charge in [0, 0.05) is 37.8 Å². The van der Waals surface area contributed by atoms with Crippen molar-refractivity contribution in [1.29, 1.82) is 0 Å². The van der Waals surface area contributed by atoms with Crippen molar-refractivity contribution in [2.75, 3.05) is 43.4 Å². The lowest BCUT2D eigenvalue weighted by molar-refractivity contribution is 0.0649. The van der Waals surface area contributed by atoms with Crippen LogP contribution in [0.1, 0.15) is 42.6 Å². The van der Waals surface area contributed by atoms with E-state index >= 15 is 0 Å². The van der Waals surface area contributed by atoms with Crippen LogP contribution < -0.4 is 21.1 Å². The van der Waals surface area contributed by atoms with Gasteiger partial charge in [0.2, 0.25) is 5.95 Å². The number of rotatable bonds is 3. The van der Waals surface area contributed by atoms with E-state index in [9.17, 15) is 4.79 Å². The van der Waals surface area contributed by atoms with Gasteiger partial charge in [-0.15, -0.1) is 0 Å². The molecule has 0 atom stereocenters. The molecule has 3 aromatic rings. The zero-order valence-corrected chi connectivity index (χ0v) is 18.8. The monoisotopic (exact) mass is 447 g/mol. The van der Waals surface area contributed by atoms with Crippen molar-refractivity contribution in [3.8, 4) is 0 Å². The number of piperazine rings is 1. The quantitative estimate of drug-likeness (QED) is 0.562. The van der Waals surface area contributed by atoms with Crippen LogP contribution in [0.25, 0.3) is 11.0 Å². The van der Waals surface area contributed by atoms with Crippen LogP contribution in [0.3, 0.4) is 0 Å². The fourth-order valence-electron chi connectivity index (χ4n) is 5.25. The highest BCUT2D eigenvalue weighted by atomic mass is 16.2. The fraction of sp³-hybridized carbons (Fsp3) is 0.478. The van der Waals surface area contributed by atoms with E-state index in [0.717, 1.165) is 68.6 Å². The van der Waals surface area contributed by atoms with Crippen molar-refractivity contribution < 1.29 is 4.79 Å². The number of hydrazine groups is 1. The molecule has 1 spiro atoms. The Balaban J connectivity index is 1.29. The standard InChI is InChI=1S/C23H29N9O/c1-30-9-11-31(12-10-30)17-5-6-19(24-15-17)26-22-25-14-16-13-18-21(33)28-29-23(7-3-2-4-8-23)32(18)20(16)27-22/h5-6,13-15,29H,2-4,7-12H2,1H3,(H,28,33)(H,24,25,26,27). The lowest BCUT2D eigenvalue weighted by atomic mass is 9.88. The summed E-state index contributed by atoms with van der Waals surface area (Å²) in [6, 6.07) is 5.94. The maximum atomic E-state index is 12.6. The van der Waals surface area contributed by atoms with Crippen molar-refractivity contribution >= 4 is 34.4 Å². The van der Waals surface area contributed by atoms with Gasteiger partial charge in [-0.3, -0.25) is 10.2 Å². The maximum absolute atomic E-state index is 12.6. The van der Waals surface area contributed by atoms with E-state index in [4.69, 9.17) is 4.98 Å². The van der Waals surface area contributed by atoms with Crippen molar-refractivity contribution in [1.82, 2.24) is 35.3 Å². The van der Waals surface area contributed by atoms with Gasteiger partial charge in [-0.2, -0.15) is 4.98 Å². The minimum absolute atomic E-state index is 0.139. The molecule has 2 aliphatic heterocycles. The van der Waals surface area contributed by atoms with Crippen LogP contribution in [0.4, 0.5) is 17.5 Å². The fourth-order valence-corrected chi connectivity index (χ4v) is 5.25. The summed E-state index contributed by atoms with van der Waals surface area (Å²) in [6.07, 6.45) is 9.01. The highest BCUT2D eigenvalue weighted by Gasteiger charge is 2.41. The number of anilines is 3. The second-order valence-corrected chi connectivity index (χ2v) is 9.33. The molecule has 3 N–H and O–H groups in total. The molecule has 3 aliphatic rings. The Morgan fingerprint density at radius 3 is 2.61 bits per heavy atom. The lowest BCUT2D eigenvalue weighted by Crippen LogP contribution is -2.61. The third kappa shape index (κ3) is 3.59. The number of nitrogens with zero attached hydrogens (tertiary/aromatic N) is 6. The van der Waals surface area contributed by atoms with Gasteiger partial charge in [0.1, 0.15) is 22.8 Å². The topological polar surface area (TPSA) is 103 Å². The summed E-state index contributed by atoms with van der Waals surface area (Å²) in [7, 11) is 2.15. The molecule has 2 fully saturated rings. The number of hydrogen-bond donors (Lipinski definition) is 3. The molecule has 0 bridgehead atoms. The van der Waals surface area contributed by atoms with Gasteiger partial charge in [0.15, 0.2) is 0 Å². The molecule has 1 saturated heterocycles. The molecule has 0 unspecified atom stereocenters. The zero-order valence-electron chi connectivity index (χ0n) is 18.8. The minimum atomic E-state index is -0.336. The zero-order chi connectivity index (χ0) is 22.4. The number of nitrogens with one attached hydrogen (secondary N) is 3. The number of aromatic nitrogens is 4. The summed E-state index contributed by atoms with van der Waals surface area (Å²) in [6.45, 7) is 4.13. The SMILES string of the molecule is CN1CCN(c2ccc(Nc3ncc4cc5n(c4n3)C3(CCCCC3)NNC5=O)nc2)CC1. The summed E-state index contributed by atoms with van der Waals surface area (Å²) in [5.41, 5.74) is 8.34. The van der Waals surface area contributed by atoms with Crippen molar-refractivity contribution in [3.63, 3.8) is 0 Å². The van der Waals surface area contributed by atoms with Crippen LogP contribution in [0.5, 0.6) is 0 Å². The third-order valence-electron chi connectivity index (χ3n) is 7.15. The minimum Gasteiger partial charge on any atom is -0.368 e. The van der Waals surface area contributed by atoms with Gasteiger partial charge in [-0.25, -0.2) is 15.4 Å². The molecular formula is C23H29N9O. The van der Waals surface area contributed by atoms with E-state index in [0.29, 0.717) is 17.5 Å². The Bertz CT molecular complexity index is 1170. The summed E-state index contributed by atoms with van der Waals surface area (Å²) >= 11 is 0. The molecular weight excluding hydrogens is 418 g/mol. The molecule has 1 amide bonds. The molecule has 1 saturated carbocycles. The van der Waals surface area contributed by atoms with Gasteiger partial charge < -0.3 is 19.7 Å². The predicted octanol–water partition coefficient (Wildman–Crippen LogP) is 2.19. The Labute approximate surface area is 192 Å². The van der Waals surface area contributed by atoms with Gasteiger partial charge in [0.05, 0.1) is 11.9 Å². The number of amides is 1. The van der Waals surface area contributed by atoms with E-state index in [-0.39, 0.29) is 11.6 Å². The van der Waals surface area contributed by atoms with Crippen LogP contribution >= 0.6 is 0 Å². The van der Waals surface area contributed by atoms with E-state index in [2.05, 4.69) is 53.6 Å². The molecule has 6 rings (SSSR count). The first kappa shape index (κ1) is 20.4. The van der Waals surface area contributed by atoms with Crippen LogP contribution in [-0.4, -0.2) is 63.6 Å². The predicted molar refractivity (Wildman–Crippen MR) is 126 cm³/mol. The van der Waals surface area contributed by atoms with Gasteiger partial charge in [0.25, 0.3) is 5.91 Å². The highest BCUT2D eigenvalue weighted by molar-refractivity contribution is 5.98. The summed E-state index contributed by atoms with van der Waals surface area (Å²) in [5, 5.41) is 4.10. The maximum Gasteiger partial charge on any atom is 0.282 e. The molecule has 10 heteroatoms. The van der Waals surface area contributed by atoms with Gasteiger partial charge in [-0.05, 0) is 50.9 Å². The van der Waals surface area contributed by atoms with Gasteiger partial charge in [-0.1, -0.05) is 6.42 Å². The van der Waals surface area contributed by atoms with Crippen LogP contribution in [0.2, 0.25) is 0 Å². The average Bonchev–Trinajstić information content (AvgIpc) is 3.24. The Morgan fingerprint density at radius 2 is 1.85 bits per heavy atom. The van der Waals surface area contributed by atoms with E-state index < -0.39 is 0 Å². The number of likely N-dealkylation sites (N-methyl/N-ethyl adjacent to an activating group) is 1. The number of fused-ring (bicyclic) bond motifs is 4. The Morgan fingerprint density at radius 1 is 1.03 bits per heavy atom. The molecule has 10 nitrogen and oxygen atoms in total. The summed E-state index contributed by atoms with van der Waals surface area (Å²) in [4.78, 5) is 31.1. The molecule has 3 aromatic heterocycles. The molecule has 33 heavy (non-hydrogen) atoms. The van der Waals surface area contributed by atoms with Crippen molar-refractivity contribution in [2.45, 2.75) is 37.8 Å². The average molecular weight is 448 g/mol. The van der Waals surface area contributed by atoms with Crippen LogP contribution in [0.15, 0.2) is 30.6 Å². The number of hydrogen-bond acceptors (Lipinski definition) is 8. The van der Waals surface area contributed by atoms with Crippen LogP contribution in [0, 0.1) is 0 Å². The van der Waals surface area contributed by atoms with E-state index in [1.54, 1.807) is 6.20 Å². The van der Waals surface area contributed by atoms with Crippen molar-refractivity contribution in [3.05, 3.63) is 36.3 Å². The largest absolute Gasteiger partial charge is 0.368 e. The van der Waals surface area contributed by atoms with E-state index in [1.165, 1.54) is 6.42 Å². The summed E-state index contributed by atoms with van der Waals surface area (Å²) < 4.78 is 2.08. The lowest BCUT2D eigenvalue weighted by Gasteiger charge is -2.43. The normalized spacial score (nSPS) is 20.6. The second-order valence-electron chi connectivity index (χ2n) is 9.33. The number of carbonyl (C=O) groups excluding carboxylic acids is 1. The Kier molecular flexibility index (Phi) is 4.92. The Hall–Kier alpha value is -3.24. The molecule has 172 valence electrons. The molecule has 1 aliphatic carbocycles. The first-order valence-corrected chi connectivity index (χ1v) is 11.7. The third-order valence-corrected chi connectivity index (χ3v) is 7.15.